The third kappa shape index (κ3) is 5.11. The van der Waals surface area contributed by atoms with Gasteiger partial charge in [-0.3, -0.25) is 4.84 Å². The van der Waals surface area contributed by atoms with E-state index in [4.69, 9.17) is 4.84 Å². The van der Waals surface area contributed by atoms with Gasteiger partial charge < -0.3 is 0 Å². The lowest BCUT2D eigenvalue weighted by atomic mass is 10.2. The van der Waals surface area contributed by atoms with Crippen molar-refractivity contribution in [2.75, 3.05) is 12.5 Å². The number of rotatable bonds is 7. The van der Waals surface area contributed by atoms with E-state index in [1.807, 2.05) is 0 Å². The lowest BCUT2D eigenvalue weighted by Gasteiger charge is -2.17. The van der Waals surface area contributed by atoms with Gasteiger partial charge in [0.05, 0.1) is 9.79 Å². The molecule has 142 valence electrons. The lowest BCUT2D eigenvalue weighted by Crippen LogP contribution is -2.29. The Bertz CT molecular complexity index is 1080. The van der Waals surface area contributed by atoms with Crippen molar-refractivity contribution in [1.82, 2.24) is 4.89 Å². The molecule has 26 heavy (non-hydrogen) atoms. The number of hydrogen-bond acceptors (Lipinski definition) is 7. The van der Waals surface area contributed by atoms with Crippen molar-refractivity contribution >= 4 is 29.7 Å². The molecule has 2 aromatic carbocycles. The van der Waals surface area contributed by atoms with Crippen LogP contribution < -0.4 is 4.89 Å². The van der Waals surface area contributed by atoms with Crippen LogP contribution in [0, 0.1) is 0 Å². The van der Waals surface area contributed by atoms with Crippen LogP contribution in [0.1, 0.15) is 11.0 Å². The van der Waals surface area contributed by atoms with Gasteiger partial charge in [0.25, 0.3) is 10.0 Å². The zero-order valence-corrected chi connectivity index (χ0v) is 16.3. The lowest BCUT2D eigenvalue weighted by molar-refractivity contribution is 0.0662. The van der Waals surface area contributed by atoms with Gasteiger partial charge in [0.1, 0.15) is 0 Å². The SMILES string of the molecule is CS(=O)(=O)c1ccc(C(ONS(=O)(=O)c2ccccc2)S(C)(=O)=O)cc1. The Morgan fingerprint density at radius 2 is 1.31 bits per heavy atom. The average molecular weight is 420 g/mol. The van der Waals surface area contributed by atoms with Crippen molar-refractivity contribution in [2.45, 2.75) is 15.2 Å². The molecule has 0 aliphatic carbocycles. The third-order valence-electron chi connectivity index (χ3n) is 3.29. The van der Waals surface area contributed by atoms with Crippen LogP contribution in [0.15, 0.2) is 64.4 Å². The van der Waals surface area contributed by atoms with Gasteiger partial charge in [0.2, 0.25) is 5.44 Å². The summed E-state index contributed by atoms with van der Waals surface area (Å²) in [6.07, 6.45) is 1.89. The Morgan fingerprint density at radius 3 is 1.77 bits per heavy atom. The summed E-state index contributed by atoms with van der Waals surface area (Å²) in [6, 6.07) is 12.2. The molecule has 0 saturated heterocycles. The molecule has 1 atom stereocenters. The van der Waals surface area contributed by atoms with E-state index in [0.717, 1.165) is 12.5 Å². The topological polar surface area (TPSA) is 124 Å². The molecule has 0 aliphatic rings. The molecule has 0 fully saturated rings. The van der Waals surface area contributed by atoms with Gasteiger partial charge in [0, 0.05) is 12.5 Å². The molecular formula is C15H17NO7S3. The fraction of sp³-hybridized carbons (Fsp3) is 0.200. The molecule has 1 N–H and O–H groups in total. The van der Waals surface area contributed by atoms with Crippen LogP contribution in [-0.4, -0.2) is 37.8 Å². The van der Waals surface area contributed by atoms with E-state index in [0.29, 0.717) is 0 Å². The van der Waals surface area contributed by atoms with E-state index in [2.05, 4.69) is 0 Å². The highest BCUT2D eigenvalue weighted by molar-refractivity contribution is 7.91. The van der Waals surface area contributed by atoms with Gasteiger partial charge in [-0.2, -0.15) is 0 Å². The van der Waals surface area contributed by atoms with Gasteiger partial charge in [0.15, 0.2) is 19.7 Å². The van der Waals surface area contributed by atoms with E-state index in [9.17, 15) is 25.3 Å². The molecule has 0 radical (unpaired) electrons. The number of hydrogen-bond donors (Lipinski definition) is 1. The van der Waals surface area contributed by atoms with Gasteiger partial charge >= 0.3 is 0 Å². The standard InChI is InChI=1S/C15H17NO7S3/c1-24(17,18)13-10-8-12(9-11-13)15(25(2,19)20)23-16-26(21,22)14-6-4-3-5-7-14/h3-11,15-16H,1-2H3. The maximum absolute atomic E-state index is 12.2. The van der Waals surface area contributed by atoms with E-state index >= 15 is 0 Å². The first kappa shape index (κ1) is 20.5. The smallest absolute Gasteiger partial charge is 0.262 e. The quantitative estimate of drug-likeness (QED) is 0.665. The molecule has 0 amide bonds. The normalized spacial score (nSPS) is 14.1. The minimum Gasteiger partial charge on any atom is -0.262 e. The zero-order chi connectivity index (χ0) is 19.6. The van der Waals surface area contributed by atoms with Crippen LogP contribution in [0.5, 0.6) is 0 Å². The highest BCUT2D eigenvalue weighted by Crippen LogP contribution is 2.24. The summed E-state index contributed by atoms with van der Waals surface area (Å²) in [4.78, 5) is 6.66. The first-order valence-corrected chi connectivity index (χ1v) is 12.5. The maximum Gasteiger partial charge on any atom is 0.262 e. The highest BCUT2D eigenvalue weighted by Gasteiger charge is 2.27. The molecule has 2 aromatic rings. The zero-order valence-electron chi connectivity index (χ0n) is 13.9. The maximum atomic E-state index is 12.2. The molecule has 8 nitrogen and oxygen atoms in total. The largest absolute Gasteiger partial charge is 0.262 e. The van der Waals surface area contributed by atoms with Gasteiger partial charge in [-0.25, -0.2) is 25.3 Å². The van der Waals surface area contributed by atoms with Crippen LogP contribution in [0.25, 0.3) is 0 Å². The van der Waals surface area contributed by atoms with Gasteiger partial charge in [-0.05, 0) is 29.8 Å². The molecule has 2 rings (SSSR count). The fourth-order valence-corrected chi connectivity index (χ4v) is 4.43. The summed E-state index contributed by atoms with van der Waals surface area (Å²) in [5.74, 6) is 0. The Morgan fingerprint density at radius 1 is 0.769 bits per heavy atom. The Kier molecular flexibility index (Phi) is 5.88. The average Bonchev–Trinajstić information content (AvgIpc) is 2.54. The van der Waals surface area contributed by atoms with Crippen LogP contribution in [0.2, 0.25) is 0 Å². The molecular weight excluding hydrogens is 402 g/mol. The summed E-state index contributed by atoms with van der Waals surface area (Å²) in [7, 11) is -11.4. The van der Waals surface area contributed by atoms with Crippen LogP contribution in [0.4, 0.5) is 0 Å². The second-order valence-electron chi connectivity index (χ2n) is 5.52. The second kappa shape index (κ2) is 7.45. The number of sulfonamides is 1. The van der Waals surface area contributed by atoms with E-state index in [1.165, 1.54) is 48.5 Å². The molecule has 0 saturated carbocycles. The predicted octanol–water partition coefficient (Wildman–Crippen LogP) is 1.04. The second-order valence-corrected chi connectivity index (χ2v) is 11.3. The van der Waals surface area contributed by atoms with Gasteiger partial charge in [-0.15, -0.1) is 0 Å². The minimum absolute atomic E-state index is 0.00151. The monoisotopic (exact) mass is 419 g/mol. The summed E-state index contributed by atoms with van der Waals surface area (Å²) < 4.78 is 71.3. The van der Waals surface area contributed by atoms with E-state index in [1.54, 1.807) is 11.0 Å². The fourth-order valence-electron chi connectivity index (χ4n) is 2.03. The first-order chi connectivity index (χ1) is 11.9. The van der Waals surface area contributed by atoms with Crippen LogP contribution >= 0.6 is 0 Å². The van der Waals surface area contributed by atoms with Crippen molar-refractivity contribution < 1.29 is 30.1 Å². The van der Waals surface area contributed by atoms with Crippen molar-refractivity contribution in [1.29, 1.82) is 0 Å². The number of sulfone groups is 2. The minimum atomic E-state index is -4.09. The summed E-state index contributed by atoms with van der Waals surface area (Å²) in [5.41, 5.74) is -1.56. The summed E-state index contributed by atoms with van der Waals surface area (Å²) in [6.45, 7) is 0. The van der Waals surface area contributed by atoms with Crippen molar-refractivity contribution in [3.63, 3.8) is 0 Å². The Labute approximate surface area is 152 Å². The molecule has 11 heteroatoms. The number of nitrogens with one attached hydrogen (secondary N) is 1. The van der Waals surface area contributed by atoms with Gasteiger partial charge in [-0.1, -0.05) is 35.2 Å². The van der Waals surface area contributed by atoms with E-state index < -0.39 is 35.1 Å². The molecule has 0 aliphatic heterocycles. The summed E-state index contributed by atoms with van der Waals surface area (Å²) in [5, 5.41) is 0. The molecule has 0 bridgehead atoms. The Balaban J connectivity index is 2.30. The molecule has 0 aromatic heterocycles. The van der Waals surface area contributed by atoms with Crippen molar-refractivity contribution in [2.24, 2.45) is 0 Å². The molecule has 1 unspecified atom stereocenters. The number of benzene rings is 2. The summed E-state index contributed by atoms with van der Waals surface area (Å²) >= 11 is 0. The molecule has 0 heterocycles. The van der Waals surface area contributed by atoms with Crippen molar-refractivity contribution in [3.05, 3.63) is 60.2 Å². The van der Waals surface area contributed by atoms with E-state index in [-0.39, 0.29) is 15.4 Å². The molecule has 0 spiro atoms. The van der Waals surface area contributed by atoms with Crippen LogP contribution in [0.3, 0.4) is 0 Å². The Hall–Kier alpha value is -1.79. The predicted molar refractivity (Wildman–Crippen MR) is 95.0 cm³/mol. The highest BCUT2D eigenvalue weighted by atomic mass is 32.2. The van der Waals surface area contributed by atoms with Crippen LogP contribution in [-0.2, 0) is 34.5 Å². The third-order valence-corrected chi connectivity index (χ3v) is 6.77. The van der Waals surface area contributed by atoms with Crippen molar-refractivity contribution in [3.8, 4) is 0 Å². The first-order valence-electron chi connectivity index (χ1n) is 7.13.